The van der Waals surface area contributed by atoms with Crippen LogP contribution in [0.25, 0.3) is 0 Å². The van der Waals surface area contributed by atoms with E-state index in [4.69, 9.17) is 9.47 Å². The SMILES string of the molecule is C[C@@H]1CCCCO[C@@H](CN(C)C(=O)NC2CCCCC2)[C@H](C)CN([C@@H](C)CO)C(=O)c2cc(NC(=O)Nc3ccc(C(F)(F)F)cc3)ccc2O1. The summed E-state index contributed by atoms with van der Waals surface area (Å²) in [5.41, 5.74) is -0.271. The molecule has 0 saturated heterocycles. The van der Waals surface area contributed by atoms with E-state index in [1.54, 1.807) is 35.9 Å². The number of halogens is 3. The molecule has 0 spiro atoms. The molecule has 1 fully saturated rings. The van der Waals surface area contributed by atoms with Gasteiger partial charge in [0.15, 0.2) is 0 Å². The molecule has 0 unspecified atom stereocenters. The number of anilines is 2. The summed E-state index contributed by atoms with van der Waals surface area (Å²) < 4.78 is 51.5. The van der Waals surface area contributed by atoms with E-state index in [-0.39, 0.29) is 54.2 Å². The van der Waals surface area contributed by atoms with Crippen LogP contribution in [0.15, 0.2) is 42.5 Å². The minimum absolute atomic E-state index is 0.151. The molecule has 1 heterocycles. The smallest absolute Gasteiger partial charge is 0.416 e. The number of alkyl halides is 3. The van der Waals surface area contributed by atoms with E-state index in [2.05, 4.69) is 16.0 Å². The van der Waals surface area contributed by atoms with Crippen LogP contribution < -0.4 is 20.7 Å². The first-order valence-corrected chi connectivity index (χ1v) is 17.9. The predicted molar refractivity (Wildman–Crippen MR) is 189 cm³/mol. The second kappa shape index (κ2) is 18.5. The van der Waals surface area contributed by atoms with E-state index in [0.29, 0.717) is 25.3 Å². The van der Waals surface area contributed by atoms with Crippen LogP contribution in [0.4, 0.5) is 34.1 Å². The van der Waals surface area contributed by atoms with Crippen molar-refractivity contribution in [1.29, 1.82) is 0 Å². The maximum atomic E-state index is 14.4. The number of amides is 5. The van der Waals surface area contributed by atoms with Crippen LogP contribution in [0.5, 0.6) is 5.75 Å². The molecule has 51 heavy (non-hydrogen) atoms. The highest BCUT2D eigenvalue weighted by atomic mass is 19.4. The molecule has 0 bridgehead atoms. The third kappa shape index (κ3) is 11.7. The molecular weight excluding hydrogens is 667 g/mol. The molecule has 1 saturated carbocycles. The highest BCUT2D eigenvalue weighted by Crippen LogP contribution is 2.31. The Morgan fingerprint density at radius 2 is 1.63 bits per heavy atom. The number of hydrogen-bond donors (Lipinski definition) is 4. The normalized spacial score (nSPS) is 21.8. The van der Waals surface area contributed by atoms with Crippen LogP contribution in [0.2, 0.25) is 0 Å². The highest BCUT2D eigenvalue weighted by molar-refractivity contribution is 6.02. The van der Waals surface area contributed by atoms with Gasteiger partial charge in [0.25, 0.3) is 5.91 Å². The second-order valence-corrected chi connectivity index (χ2v) is 13.8. The number of likely N-dealkylation sites (N-methyl/N-ethyl adjacent to an activating group) is 1. The molecule has 4 rings (SSSR count). The molecule has 2 aromatic rings. The van der Waals surface area contributed by atoms with Crippen molar-refractivity contribution in [2.75, 3.05) is 44.0 Å². The lowest BCUT2D eigenvalue weighted by Crippen LogP contribution is -2.50. The van der Waals surface area contributed by atoms with Gasteiger partial charge >= 0.3 is 18.2 Å². The van der Waals surface area contributed by atoms with Gasteiger partial charge in [0.2, 0.25) is 0 Å². The number of carbonyl (C=O) groups excluding carboxylic acids is 3. The Morgan fingerprint density at radius 3 is 2.29 bits per heavy atom. The van der Waals surface area contributed by atoms with Crippen molar-refractivity contribution < 1.29 is 42.1 Å². The van der Waals surface area contributed by atoms with E-state index in [0.717, 1.165) is 62.8 Å². The molecule has 11 nitrogen and oxygen atoms in total. The molecule has 4 N–H and O–H groups in total. The first-order valence-electron chi connectivity index (χ1n) is 17.9. The molecule has 0 aromatic heterocycles. The van der Waals surface area contributed by atoms with Gasteiger partial charge in [-0.05, 0) is 88.4 Å². The Morgan fingerprint density at radius 1 is 0.980 bits per heavy atom. The van der Waals surface area contributed by atoms with Gasteiger partial charge < -0.3 is 40.3 Å². The molecule has 2 aliphatic rings. The van der Waals surface area contributed by atoms with Gasteiger partial charge in [-0.3, -0.25) is 4.79 Å². The summed E-state index contributed by atoms with van der Waals surface area (Å²) in [5.74, 6) is -0.362. The number of hydrogen-bond acceptors (Lipinski definition) is 6. The summed E-state index contributed by atoms with van der Waals surface area (Å²) in [5, 5.41) is 18.5. The fourth-order valence-corrected chi connectivity index (χ4v) is 6.38. The number of ether oxygens (including phenoxy) is 2. The lowest BCUT2D eigenvalue weighted by Gasteiger charge is -2.36. The largest absolute Gasteiger partial charge is 0.490 e. The van der Waals surface area contributed by atoms with Crippen LogP contribution in [-0.4, -0.2) is 90.5 Å². The van der Waals surface area contributed by atoms with Crippen molar-refractivity contribution in [2.45, 2.75) is 103 Å². The Hall–Kier alpha value is -4.04. The van der Waals surface area contributed by atoms with Crippen LogP contribution in [0.3, 0.4) is 0 Å². The second-order valence-electron chi connectivity index (χ2n) is 13.8. The van der Waals surface area contributed by atoms with Crippen molar-refractivity contribution in [3.63, 3.8) is 0 Å². The highest BCUT2D eigenvalue weighted by Gasteiger charge is 2.32. The number of urea groups is 2. The summed E-state index contributed by atoms with van der Waals surface area (Å²) >= 11 is 0. The van der Waals surface area contributed by atoms with Crippen LogP contribution in [0.1, 0.15) is 88.1 Å². The number of carbonyl (C=O) groups is 3. The van der Waals surface area contributed by atoms with Crippen molar-refractivity contribution in [1.82, 2.24) is 15.1 Å². The van der Waals surface area contributed by atoms with Gasteiger partial charge in [-0.25, -0.2) is 9.59 Å². The minimum Gasteiger partial charge on any atom is -0.490 e. The first-order chi connectivity index (χ1) is 24.2. The monoisotopic (exact) mass is 719 g/mol. The van der Waals surface area contributed by atoms with E-state index in [1.807, 2.05) is 13.8 Å². The van der Waals surface area contributed by atoms with E-state index < -0.39 is 35.8 Å². The molecule has 14 heteroatoms. The minimum atomic E-state index is -4.50. The summed E-state index contributed by atoms with van der Waals surface area (Å²) in [6.45, 7) is 6.27. The standard InChI is InChI=1S/C37H52F3N5O6/c1-24-21-45(25(2)23-46)34(47)31-20-30(42-35(48)41-29-15-13-27(14-16-29)37(38,39)40)17-18-32(31)51-26(3)10-8-9-19-50-33(24)22-44(4)36(49)43-28-11-6-5-7-12-28/h13-18,20,24-26,28,33,46H,5-12,19,21-23H2,1-4H3,(H,43,49)(H2,41,42,48)/t24-,25+,26-,33+/m1/s1. The summed E-state index contributed by atoms with van der Waals surface area (Å²) in [6.07, 6.45) is 2.44. The summed E-state index contributed by atoms with van der Waals surface area (Å²) in [4.78, 5) is 43.5. The van der Waals surface area contributed by atoms with Crippen molar-refractivity contribution in [2.24, 2.45) is 5.92 Å². The topological polar surface area (TPSA) is 132 Å². The number of benzene rings is 2. The van der Waals surface area contributed by atoms with E-state index in [1.165, 1.54) is 12.5 Å². The van der Waals surface area contributed by atoms with Crippen LogP contribution >= 0.6 is 0 Å². The van der Waals surface area contributed by atoms with Crippen molar-refractivity contribution >= 4 is 29.3 Å². The van der Waals surface area contributed by atoms with Crippen LogP contribution in [-0.2, 0) is 10.9 Å². The van der Waals surface area contributed by atoms with Crippen LogP contribution in [0, 0.1) is 5.92 Å². The zero-order valence-corrected chi connectivity index (χ0v) is 29.9. The Bertz CT molecular complexity index is 1450. The Kier molecular flexibility index (Phi) is 14.4. The third-order valence-corrected chi connectivity index (χ3v) is 9.51. The molecule has 5 amide bonds. The summed E-state index contributed by atoms with van der Waals surface area (Å²) in [7, 11) is 1.75. The number of nitrogens with zero attached hydrogens (tertiary/aromatic N) is 2. The molecule has 1 aliphatic heterocycles. The average molecular weight is 720 g/mol. The Labute approximate surface area is 298 Å². The molecular formula is C37H52F3N5O6. The van der Waals surface area contributed by atoms with Crippen molar-refractivity contribution in [3.05, 3.63) is 53.6 Å². The Balaban J connectivity index is 1.55. The quantitative estimate of drug-likeness (QED) is 0.241. The number of fused-ring (bicyclic) bond motifs is 1. The lowest BCUT2D eigenvalue weighted by atomic mass is 9.96. The van der Waals surface area contributed by atoms with Gasteiger partial charge in [0.05, 0.1) is 36.0 Å². The zero-order valence-electron chi connectivity index (χ0n) is 29.9. The molecule has 4 atom stereocenters. The fourth-order valence-electron chi connectivity index (χ4n) is 6.38. The fraction of sp³-hybridized carbons (Fsp3) is 0.595. The van der Waals surface area contributed by atoms with Gasteiger partial charge in [0.1, 0.15) is 5.75 Å². The van der Waals surface area contributed by atoms with E-state index >= 15 is 0 Å². The van der Waals surface area contributed by atoms with Gasteiger partial charge in [-0.1, -0.05) is 26.2 Å². The number of aliphatic hydroxyl groups is 1. The van der Waals surface area contributed by atoms with Gasteiger partial charge in [0, 0.05) is 50.1 Å². The van der Waals surface area contributed by atoms with Gasteiger partial charge in [-0.2, -0.15) is 13.2 Å². The maximum absolute atomic E-state index is 14.4. The van der Waals surface area contributed by atoms with Crippen molar-refractivity contribution in [3.8, 4) is 5.75 Å². The maximum Gasteiger partial charge on any atom is 0.416 e. The van der Waals surface area contributed by atoms with E-state index in [9.17, 15) is 32.7 Å². The average Bonchev–Trinajstić information content (AvgIpc) is 3.09. The lowest BCUT2D eigenvalue weighted by molar-refractivity contribution is -0.137. The molecule has 2 aromatic carbocycles. The van der Waals surface area contributed by atoms with Gasteiger partial charge in [-0.15, -0.1) is 0 Å². The summed E-state index contributed by atoms with van der Waals surface area (Å²) in [6, 6.07) is 7.40. The first kappa shape index (κ1) is 39.7. The molecule has 282 valence electrons. The zero-order chi connectivity index (χ0) is 37.1. The number of aliphatic hydroxyl groups excluding tert-OH is 1. The molecule has 0 radical (unpaired) electrons. The number of rotatable bonds is 7. The third-order valence-electron chi connectivity index (χ3n) is 9.51. The predicted octanol–water partition coefficient (Wildman–Crippen LogP) is 7.12. The number of nitrogens with one attached hydrogen (secondary N) is 3. The molecule has 1 aliphatic carbocycles.